The number of hydrogen-bond donors (Lipinski definition) is 1. The predicted octanol–water partition coefficient (Wildman–Crippen LogP) is 2.01. The van der Waals surface area contributed by atoms with E-state index in [0.717, 1.165) is 41.8 Å². The molecular formula is C22H27N3O5. The highest BCUT2D eigenvalue weighted by Crippen LogP contribution is 2.38. The lowest BCUT2D eigenvalue weighted by Crippen LogP contribution is -2.54. The van der Waals surface area contributed by atoms with Crippen molar-refractivity contribution in [3.63, 3.8) is 0 Å². The SMILES string of the molecule is C[C@@H]1CCCC[C@]12NC(=O)N(CC(=O)OCC(=O)N1c3ccccc3C[C@@H]1C)C2=O. The van der Waals surface area contributed by atoms with E-state index in [1.807, 2.05) is 38.1 Å². The molecule has 1 aromatic rings. The van der Waals surface area contributed by atoms with Gasteiger partial charge >= 0.3 is 12.0 Å². The summed E-state index contributed by atoms with van der Waals surface area (Å²) >= 11 is 0. The topological polar surface area (TPSA) is 96.0 Å². The van der Waals surface area contributed by atoms with E-state index in [1.165, 1.54) is 0 Å². The van der Waals surface area contributed by atoms with Gasteiger partial charge in [0.15, 0.2) is 6.61 Å². The Morgan fingerprint density at radius 1 is 1.20 bits per heavy atom. The van der Waals surface area contributed by atoms with Crippen LogP contribution in [0.2, 0.25) is 0 Å². The molecule has 4 amide bonds. The van der Waals surface area contributed by atoms with Crippen molar-refractivity contribution in [3.8, 4) is 0 Å². The number of benzene rings is 1. The minimum Gasteiger partial charge on any atom is -0.454 e. The number of anilines is 1. The van der Waals surface area contributed by atoms with Gasteiger partial charge in [-0.3, -0.25) is 19.3 Å². The highest BCUT2D eigenvalue weighted by atomic mass is 16.5. The fourth-order valence-corrected chi connectivity index (χ4v) is 4.97. The van der Waals surface area contributed by atoms with Crippen LogP contribution in [0.15, 0.2) is 24.3 Å². The van der Waals surface area contributed by atoms with Crippen LogP contribution in [0.1, 0.15) is 45.1 Å². The van der Waals surface area contributed by atoms with Gasteiger partial charge in [0.2, 0.25) is 0 Å². The molecule has 2 aliphatic heterocycles. The third-order valence-corrected chi connectivity index (χ3v) is 6.62. The van der Waals surface area contributed by atoms with Crippen LogP contribution in [0.5, 0.6) is 0 Å². The molecule has 2 heterocycles. The third-order valence-electron chi connectivity index (χ3n) is 6.62. The van der Waals surface area contributed by atoms with Gasteiger partial charge in [-0.2, -0.15) is 0 Å². The standard InChI is InChI=1S/C22H27N3O5/c1-14-7-5-6-10-22(14)20(28)24(21(29)23-22)12-19(27)30-13-18(26)25-15(2)11-16-8-3-4-9-17(16)25/h3-4,8-9,14-15H,5-7,10-13H2,1-2H3,(H,23,29)/t14-,15+,22+/m1/s1. The number of fused-ring (bicyclic) bond motifs is 1. The van der Waals surface area contributed by atoms with Crippen LogP contribution in [0.3, 0.4) is 0 Å². The van der Waals surface area contributed by atoms with Crippen molar-refractivity contribution >= 4 is 29.5 Å². The molecule has 1 saturated heterocycles. The Morgan fingerprint density at radius 3 is 2.73 bits per heavy atom. The maximum absolute atomic E-state index is 12.9. The second-order valence-electron chi connectivity index (χ2n) is 8.55. The Kier molecular flexibility index (Phi) is 5.26. The van der Waals surface area contributed by atoms with Crippen LogP contribution in [0, 0.1) is 5.92 Å². The summed E-state index contributed by atoms with van der Waals surface area (Å²) in [4.78, 5) is 52.8. The molecule has 4 rings (SSSR count). The van der Waals surface area contributed by atoms with E-state index in [9.17, 15) is 19.2 Å². The maximum Gasteiger partial charge on any atom is 0.326 e. The normalized spacial score (nSPS) is 27.9. The molecule has 0 radical (unpaired) electrons. The average molecular weight is 413 g/mol. The second-order valence-corrected chi connectivity index (χ2v) is 8.55. The highest BCUT2D eigenvalue weighted by Gasteiger charge is 2.55. The van der Waals surface area contributed by atoms with Crippen molar-refractivity contribution < 1.29 is 23.9 Å². The Hall–Kier alpha value is -2.90. The summed E-state index contributed by atoms with van der Waals surface area (Å²) in [6.07, 6.45) is 4.06. The number of urea groups is 1. The van der Waals surface area contributed by atoms with Crippen LogP contribution in [-0.2, 0) is 25.5 Å². The zero-order valence-electron chi connectivity index (χ0n) is 17.3. The number of para-hydroxylation sites is 1. The smallest absolute Gasteiger partial charge is 0.326 e. The molecule has 0 bridgehead atoms. The predicted molar refractivity (Wildman–Crippen MR) is 109 cm³/mol. The van der Waals surface area contributed by atoms with Gasteiger partial charge in [-0.1, -0.05) is 38.0 Å². The zero-order chi connectivity index (χ0) is 21.5. The first-order valence-electron chi connectivity index (χ1n) is 10.5. The van der Waals surface area contributed by atoms with Crippen LogP contribution in [0.25, 0.3) is 0 Å². The van der Waals surface area contributed by atoms with Crippen LogP contribution in [-0.4, -0.2) is 53.4 Å². The number of carbonyl (C=O) groups is 4. The highest BCUT2D eigenvalue weighted by molar-refractivity contribution is 6.09. The molecule has 1 spiro atoms. The number of esters is 1. The minimum absolute atomic E-state index is 0.0158. The van der Waals surface area contributed by atoms with Crippen molar-refractivity contribution in [2.45, 2.75) is 57.5 Å². The Morgan fingerprint density at radius 2 is 1.97 bits per heavy atom. The number of nitrogens with one attached hydrogen (secondary N) is 1. The van der Waals surface area contributed by atoms with E-state index >= 15 is 0 Å². The summed E-state index contributed by atoms with van der Waals surface area (Å²) < 4.78 is 5.14. The molecule has 160 valence electrons. The van der Waals surface area contributed by atoms with Crippen LogP contribution >= 0.6 is 0 Å². The van der Waals surface area contributed by atoms with Crippen LogP contribution < -0.4 is 10.2 Å². The molecule has 3 atom stereocenters. The van der Waals surface area contributed by atoms with Gasteiger partial charge in [0.05, 0.1) is 0 Å². The molecule has 1 aromatic carbocycles. The molecule has 8 nitrogen and oxygen atoms in total. The van der Waals surface area contributed by atoms with Crippen molar-refractivity contribution in [3.05, 3.63) is 29.8 Å². The number of imide groups is 1. The molecule has 30 heavy (non-hydrogen) atoms. The van der Waals surface area contributed by atoms with E-state index < -0.39 is 30.7 Å². The third kappa shape index (κ3) is 3.34. The van der Waals surface area contributed by atoms with E-state index in [0.29, 0.717) is 6.42 Å². The zero-order valence-corrected chi connectivity index (χ0v) is 17.3. The van der Waals surface area contributed by atoms with Crippen LogP contribution in [0.4, 0.5) is 10.5 Å². The van der Waals surface area contributed by atoms with Gasteiger partial charge in [-0.25, -0.2) is 4.79 Å². The molecule has 3 aliphatic rings. The van der Waals surface area contributed by atoms with Crippen molar-refractivity contribution in [2.24, 2.45) is 5.92 Å². The molecule has 1 N–H and O–H groups in total. The fourth-order valence-electron chi connectivity index (χ4n) is 4.97. The van der Waals surface area contributed by atoms with Gasteiger partial charge in [-0.15, -0.1) is 0 Å². The Bertz CT molecular complexity index is 901. The first kappa shape index (κ1) is 20.4. The number of carbonyl (C=O) groups excluding carboxylic acids is 4. The quantitative estimate of drug-likeness (QED) is 0.602. The van der Waals surface area contributed by atoms with Gasteiger partial charge in [-0.05, 0) is 43.7 Å². The summed E-state index contributed by atoms with van der Waals surface area (Å²) in [6, 6.07) is 7.05. The number of hydrogen-bond acceptors (Lipinski definition) is 5. The summed E-state index contributed by atoms with van der Waals surface area (Å²) in [7, 11) is 0. The molecular weight excluding hydrogens is 386 g/mol. The number of nitrogens with zero attached hydrogens (tertiary/aromatic N) is 2. The Balaban J connectivity index is 1.36. The fraction of sp³-hybridized carbons (Fsp3) is 0.545. The van der Waals surface area contributed by atoms with E-state index in [1.54, 1.807) is 4.90 Å². The summed E-state index contributed by atoms with van der Waals surface area (Å²) in [5.74, 6) is -1.45. The van der Waals surface area contributed by atoms with Gasteiger partial charge < -0.3 is 15.0 Å². The van der Waals surface area contributed by atoms with E-state index in [-0.39, 0.29) is 23.8 Å². The first-order chi connectivity index (χ1) is 14.3. The molecule has 0 unspecified atom stereocenters. The van der Waals surface area contributed by atoms with E-state index in [2.05, 4.69) is 5.32 Å². The molecule has 0 aromatic heterocycles. The number of ether oxygens (including phenoxy) is 1. The van der Waals surface area contributed by atoms with Gasteiger partial charge in [0.1, 0.15) is 12.1 Å². The molecule has 2 fully saturated rings. The summed E-state index contributed by atoms with van der Waals surface area (Å²) in [6.45, 7) is 2.98. The molecule has 1 aliphatic carbocycles. The summed E-state index contributed by atoms with van der Waals surface area (Å²) in [5, 5.41) is 2.81. The maximum atomic E-state index is 12.9. The number of rotatable bonds is 4. The average Bonchev–Trinajstić information content (AvgIpc) is 3.17. The van der Waals surface area contributed by atoms with Crippen molar-refractivity contribution in [2.75, 3.05) is 18.1 Å². The first-order valence-corrected chi connectivity index (χ1v) is 10.5. The lowest BCUT2D eigenvalue weighted by molar-refractivity contribution is -0.151. The van der Waals surface area contributed by atoms with Gasteiger partial charge in [0.25, 0.3) is 11.8 Å². The van der Waals surface area contributed by atoms with Crippen molar-refractivity contribution in [1.82, 2.24) is 10.2 Å². The van der Waals surface area contributed by atoms with Gasteiger partial charge in [0, 0.05) is 11.7 Å². The largest absolute Gasteiger partial charge is 0.454 e. The molecule has 8 heteroatoms. The summed E-state index contributed by atoms with van der Waals surface area (Å²) in [5.41, 5.74) is 0.990. The second kappa shape index (κ2) is 7.74. The van der Waals surface area contributed by atoms with Crippen molar-refractivity contribution in [1.29, 1.82) is 0 Å². The lowest BCUT2D eigenvalue weighted by atomic mass is 9.73. The molecule has 1 saturated carbocycles. The minimum atomic E-state index is -0.917. The monoisotopic (exact) mass is 413 g/mol. The lowest BCUT2D eigenvalue weighted by Gasteiger charge is -2.36. The van der Waals surface area contributed by atoms with E-state index in [4.69, 9.17) is 4.74 Å². The number of amides is 4. The Labute approximate surface area is 175 Å².